The maximum atomic E-state index is 12.1. The van der Waals surface area contributed by atoms with Crippen LogP contribution in [0.2, 0.25) is 0 Å². The minimum absolute atomic E-state index is 0.00991. The van der Waals surface area contributed by atoms with E-state index in [2.05, 4.69) is 5.10 Å². The van der Waals surface area contributed by atoms with E-state index in [1.54, 1.807) is 24.0 Å². The summed E-state index contributed by atoms with van der Waals surface area (Å²) in [6, 6.07) is 9.27. The van der Waals surface area contributed by atoms with E-state index in [0.29, 0.717) is 17.8 Å². The van der Waals surface area contributed by atoms with Crippen molar-refractivity contribution in [1.82, 2.24) is 9.78 Å². The molecule has 0 aliphatic carbocycles. The van der Waals surface area contributed by atoms with Crippen molar-refractivity contribution in [2.24, 2.45) is 12.8 Å². The van der Waals surface area contributed by atoms with Gasteiger partial charge < -0.3 is 5.73 Å². The summed E-state index contributed by atoms with van der Waals surface area (Å²) in [5.41, 5.74) is 7.89. The van der Waals surface area contributed by atoms with Crippen molar-refractivity contribution < 1.29 is 4.79 Å². The van der Waals surface area contributed by atoms with Gasteiger partial charge in [0.05, 0.1) is 0 Å². The van der Waals surface area contributed by atoms with Gasteiger partial charge in [-0.25, -0.2) is 0 Å². The summed E-state index contributed by atoms with van der Waals surface area (Å²) in [7, 11) is 1.76. The van der Waals surface area contributed by atoms with Crippen LogP contribution in [0.1, 0.15) is 21.6 Å². The first-order valence-electron chi connectivity index (χ1n) is 5.54. The van der Waals surface area contributed by atoms with Gasteiger partial charge in [-0.05, 0) is 24.6 Å². The fraction of sp³-hybridized carbons (Fsp3) is 0.231. The molecule has 17 heavy (non-hydrogen) atoms. The monoisotopic (exact) mass is 229 g/mol. The quantitative estimate of drug-likeness (QED) is 0.800. The van der Waals surface area contributed by atoms with Crippen LogP contribution in [0.25, 0.3) is 0 Å². The highest BCUT2D eigenvalue weighted by molar-refractivity contribution is 6.07. The van der Waals surface area contributed by atoms with E-state index < -0.39 is 0 Å². The van der Waals surface area contributed by atoms with Gasteiger partial charge in [0.1, 0.15) is 5.69 Å². The number of ketones is 1. The highest BCUT2D eigenvalue weighted by atomic mass is 16.1. The Morgan fingerprint density at radius 2 is 2.00 bits per heavy atom. The third-order valence-corrected chi connectivity index (χ3v) is 2.70. The van der Waals surface area contributed by atoms with E-state index in [-0.39, 0.29) is 5.78 Å². The number of nitrogens with two attached hydrogens (primary N) is 1. The lowest BCUT2D eigenvalue weighted by molar-refractivity contribution is 0.103. The molecule has 0 fully saturated rings. The van der Waals surface area contributed by atoms with Crippen molar-refractivity contribution in [3.8, 4) is 0 Å². The smallest absolute Gasteiger partial charge is 0.211 e. The van der Waals surface area contributed by atoms with Crippen molar-refractivity contribution >= 4 is 5.78 Å². The first-order chi connectivity index (χ1) is 8.22. The number of aromatic nitrogens is 2. The normalized spacial score (nSPS) is 10.5. The van der Waals surface area contributed by atoms with E-state index in [0.717, 1.165) is 12.0 Å². The second-order valence-electron chi connectivity index (χ2n) is 3.90. The van der Waals surface area contributed by atoms with Gasteiger partial charge in [0.25, 0.3) is 0 Å². The Kier molecular flexibility index (Phi) is 3.35. The standard InChI is InChI=1S/C13H15N3O/c1-16-12(7-9-15-16)13(17)11-4-2-10(3-5-11)6-8-14/h2-5,7,9H,6,8,14H2,1H3. The molecular weight excluding hydrogens is 214 g/mol. The highest BCUT2D eigenvalue weighted by Gasteiger charge is 2.12. The summed E-state index contributed by atoms with van der Waals surface area (Å²) < 4.78 is 1.58. The molecule has 1 heterocycles. The lowest BCUT2D eigenvalue weighted by Gasteiger charge is -2.03. The summed E-state index contributed by atoms with van der Waals surface area (Å²) in [5, 5.41) is 3.99. The number of carbonyl (C=O) groups excluding carboxylic acids is 1. The zero-order chi connectivity index (χ0) is 12.3. The van der Waals surface area contributed by atoms with Crippen molar-refractivity contribution in [3.05, 3.63) is 53.3 Å². The predicted octanol–water partition coefficient (Wildman–Crippen LogP) is 1.15. The number of aryl methyl sites for hydroxylation is 1. The molecule has 0 radical (unpaired) electrons. The van der Waals surface area contributed by atoms with Crippen molar-refractivity contribution in [1.29, 1.82) is 0 Å². The Morgan fingerprint density at radius 3 is 2.53 bits per heavy atom. The van der Waals surface area contributed by atoms with E-state index in [9.17, 15) is 4.79 Å². The number of rotatable bonds is 4. The Morgan fingerprint density at radius 1 is 1.29 bits per heavy atom. The van der Waals surface area contributed by atoms with E-state index in [1.165, 1.54) is 0 Å². The molecule has 1 aromatic carbocycles. The van der Waals surface area contributed by atoms with Crippen LogP contribution in [0, 0.1) is 0 Å². The van der Waals surface area contributed by atoms with Crippen molar-refractivity contribution in [3.63, 3.8) is 0 Å². The van der Waals surface area contributed by atoms with Gasteiger partial charge in [0.15, 0.2) is 0 Å². The molecule has 2 aromatic rings. The highest BCUT2D eigenvalue weighted by Crippen LogP contribution is 2.10. The molecule has 0 spiro atoms. The Balaban J connectivity index is 2.23. The van der Waals surface area contributed by atoms with Crippen LogP contribution >= 0.6 is 0 Å². The Hall–Kier alpha value is -1.94. The molecule has 2 rings (SSSR count). The first-order valence-corrected chi connectivity index (χ1v) is 5.54. The molecule has 0 amide bonds. The largest absolute Gasteiger partial charge is 0.330 e. The number of nitrogens with zero attached hydrogens (tertiary/aromatic N) is 2. The van der Waals surface area contributed by atoms with Gasteiger partial charge in [-0.3, -0.25) is 9.48 Å². The van der Waals surface area contributed by atoms with Gasteiger partial charge in [-0.15, -0.1) is 0 Å². The van der Waals surface area contributed by atoms with E-state index in [4.69, 9.17) is 5.73 Å². The number of benzene rings is 1. The summed E-state index contributed by atoms with van der Waals surface area (Å²) >= 11 is 0. The minimum Gasteiger partial charge on any atom is -0.330 e. The predicted molar refractivity (Wildman–Crippen MR) is 65.8 cm³/mol. The van der Waals surface area contributed by atoms with Crippen molar-refractivity contribution in [2.45, 2.75) is 6.42 Å². The zero-order valence-electron chi connectivity index (χ0n) is 9.76. The Labute approximate surface area is 100 Å². The third-order valence-electron chi connectivity index (χ3n) is 2.70. The molecule has 0 saturated heterocycles. The number of carbonyl (C=O) groups is 1. The third kappa shape index (κ3) is 2.42. The molecule has 4 nitrogen and oxygen atoms in total. The SMILES string of the molecule is Cn1nccc1C(=O)c1ccc(CCN)cc1. The van der Waals surface area contributed by atoms with E-state index in [1.807, 2.05) is 24.3 Å². The molecule has 0 bridgehead atoms. The topological polar surface area (TPSA) is 60.9 Å². The molecule has 4 heteroatoms. The maximum Gasteiger partial charge on any atom is 0.211 e. The van der Waals surface area contributed by atoms with Crippen LogP contribution in [0.3, 0.4) is 0 Å². The fourth-order valence-electron chi connectivity index (χ4n) is 1.73. The maximum absolute atomic E-state index is 12.1. The van der Waals surface area contributed by atoms with Crippen LogP contribution in [-0.4, -0.2) is 22.1 Å². The first kappa shape index (κ1) is 11.5. The van der Waals surface area contributed by atoms with Crippen molar-refractivity contribution in [2.75, 3.05) is 6.54 Å². The molecule has 0 atom stereocenters. The van der Waals surface area contributed by atoms with E-state index >= 15 is 0 Å². The average Bonchev–Trinajstić information content (AvgIpc) is 2.76. The fourth-order valence-corrected chi connectivity index (χ4v) is 1.73. The van der Waals surface area contributed by atoms with Crippen LogP contribution in [0.4, 0.5) is 0 Å². The second kappa shape index (κ2) is 4.93. The molecule has 1 aromatic heterocycles. The van der Waals surface area contributed by atoms with Gasteiger partial charge in [-0.1, -0.05) is 24.3 Å². The lowest BCUT2D eigenvalue weighted by atomic mass is 10.0. The Bertz CT molecular complexity index is 514. The van der Waals surface area contributed by atoms with Gasteiger partial charge in [0.2, 0.25) is 5.78 Å². The summed E-state index contributed by atoms with van der Waals surface area (Å²) in [6.07, 6.45) is 2.45. The molecule has 0 aliphatic rings. The van der Waals surface area contributed by atoms with Gasteiger partial charge in [-0.2, -0.15) is 5.10 Å². The summed E-state index contributed by atoms with van der Waals surface area (Å²) in [6.45, 7) is 0.620. The summed E-state index contributed by atoms with van der Waals surface area (Å²) in [4.78, 5) is 12.1. The molecule has 88 valence electrons. The number of hydrogen-bond donors (Lipinski definition) is 1. The molecule has 0 unspecified atom stereocenters. The van der Waals surface area contributed by atoms with Gasteiger partial charge in [0, 0.05) is 18.8 Å². The summed E-state index contributed by atoms with van der Waals surface area (Å²) in [5.74, 6) is -0.00991. The van der Waals surface area contributed by atoms with Crippen LogP contribution < -0.4 is 5.73 Å². The van der Waals surface area contributed by atoms with Crippen LogP contribution in [-0.2, 0) is 13.5 Å². The number of hydrogen-bond acceptors (Lipinski definition) is 3. The minimum atomic E-state index is -0.00991. The van der Waals surface area contributed by atoms with Crippen LogP contribution in [0.5, 0.6) is 0 Å². The second-order valence-corrected chi connectivity index (χ2v) is 3.90. The van der Waals surface area contributed by atoms with Crippen LogP contribution in [0.15, 0.2) is 36.5 Å². The average molecular weight is 229 g/mol. The molecule has 0 saturated carbocycles. The molecular formula is C13H15N3O. The molecule has 2 N–H and O–H groups in total. The zero-order valence-corrected chi connectivity index (χ0v) is 9.76. The lowest BCUT2D eigenvalue weighted by Crippen LogP contribution is -2.08. The molecule has 0 aliphatic heterocycles. The van der Waals surface area contributed by atoms with Gasteiger partial charge >= 0.3 is 0 Å².